The van der Waals surface area contributed by atoms with Crippen LogP contribution in [0.25, 0.3) is 10.8 Å². The number of aliphatic hydroxyl groups is 1. The summed E-state index contributed by atoms with van der Waals surface area (Å²) in [6.45, 7) is 0. The van der Waals surface area contributed by atoms with Crippen LogP contribution in [-0.4, -0.2) is 21.1 Å². The Hall–Kier alpha value is -1.34. The summed E-state index contributed by atoms with van der Waals surface area (Å²) in [4.78, 5) is 0.938. The molecule has 3 rings (SSSR count). The molecule has 2 aromatic heterocycles. The van der Waals surface area contributed by atoms with E-state index in [9.17, 15) is 5.11 Å². The van der Waals surface area contributed by atoms with Crippen molar-refractivity contribution >= 4 is 34.7 Å². The monoisotopic (exact) mass is 338 g/mol. The van der Waals surface area contributed by atoms with Gasteiger partial charge in [0.2, 0.25) is 0 Å². The molecule has 108 valence electrons. The number of aromatic nitrogens is 2. The minimum absolute atomic E-state index is 0.438. The first-order valence-corrected chi connectivity index (χ1v) is 8.40. The van der Waals surface area contributed by atoms with Crippen LogP contribution >= 0.6 is 34.7 Å². The van der Waals surface area contributed by atoms with Gasteiger partial charge in [0.25, 0.3) is 11.1 Å². The van der Waals surface area contributed by atoms with Crippen LogP contribution in [0.4, 0.5) is 0 Å². The summed E-state index contributed by atoms with van der Waals surface area (Å²) in [6.07, 6.45) is -0.607. The second kappa shape index (κ2) is 6.62. The van der Waals surface area contributed by atoms with Crippen LogP contribution in [0.3, 0.4) is 0 Å². The number of rotatable bonds is 5. The summed E-state index contributed by atoms with van der Waals surface area (Å²) in [7, 11) is 0. The van der Waals surface area contributed by atoms with Crippen molar-refractivity contribution in [3.63, 3.8) is 0 Å². The quantitative estimate of drug-likeness (QED) is 0.704. The summed E-state index contributed by atoms with van der Waals surface area (Å²) in [5, 5.41) is 21.1. The number of halogens is 1. The van der Waals surface area contributed by atoms with Gasteiger partial charge in [-0.3, -0.25) is 0 Å². The third-order valence-electron chi connectivity index (χ3n) is 2.76. The van der Waals surface area contributed by atoms with Crippen LogP contribution in [0.15, 0.2) is 51.4 Å². The number of hydrogen-bond donors (Lipinski definition) is 1. The molecule has 0 amide bonds. The van der Waals surface area contributed by atoms with Crippen LogP contribution in [0.2, 0.25) is 5.02 Å². The van der Waals surface area contributed by atoms with E-state index in [1.165, 1.54) is 11.8 Å². The molecule has 1 N–H and O–H groups in total. The Morgan fingerprint density at radius 1 is 1.24 bits per heavy atom. The molecule has 1 aromatic carbocycles. The van der Waals surface area contributed by atoms with Gasteiger partial charge in [-0.1, -0.05) is 41.6 Å². The molecule has 0 aliphatic rings. The lowest BCUT2D eigenvalue weighted by Crippen LogP contribution is -2.00. The average molecular weight is 339 g/mol. The molecule has 0 aliphatic carbocycles. The van der Waals surface area contributed by atoms with Gasteiger partial charge in [-0.05, 0) is 29.1 Å². The molecule has 1 unspecified atom stereocenters. The second-order valence-electron chi connectivity index (χ2n) is 4.23. The van der Waals surface area contributed by atoms with Crippen LogP contribution in [0.1, 0.15) is 11.7 Å². The van der Waals surface area contributed by atoms with Gasteiger partial charge in [0, 0.05) is 10.8 Å². The molecule has 0 spiro atoms. The van der Waals surface area contributed by atoms with E-state index < -0.39 is 6.10 Å². The Kier molecular flexibility index (Phi) is 4.60. The van der Waals surface area contributed by atoms with Gasteiger partial charge in [0.15, 0.2) is 0 Å². The highest BCUT2D eigenvalue weighted by Gasteiger charge is 2.13. The van der Waals surface area contributed by atoms with Crippen LogP contribution in [-0.2, 0) is 0 Å². The molecule has 2 heterocycles. The fourth-order valence-corrected chi connectivity index (χ4v) is 3.20. The predicted molar refractivity (Wildman–Crippen MR) is 84.7 cm³/mol. The first-order valence-electron chi connectivity index (χ1n) is 6.16. The summed E-state index contributed by atoms with van der Waals surface area (Å²) >= 11 is 8.69. The standard InChI is InChI=1S/C14H11ClN2O2S2/c15-10-5-3-9(4-6-10)11(18)8-21-14-17-16-13(19-14)12-2-1-7-20-12/h1-7,11,18H,8H2. The van der Waals surface area contributed by atoms with Gasteiger partial charge in [0.05, 0.1) is 11.0 Å². The molecule has 0 saturated carbocycles. The van der Waals surface area contributed by atoms with Crippen molar-refractivity contribution in [2.75, 3.05) is 5.75 Å². The topological polar surface area (TPSA) is 59.2 Å². The second-order valence-corrected chi connectivity index (χ2v) is 6.58. The molecule has 0 fully saturated rings. The van der Waals surface area contributed by atoms with Crippen LogP contribution < -0.4 is 0 Å². The van der Waals surface area contributed by atoms with Crippen molar-refractivity contribution in [3.05, 3.63) is 52.4 Å². The molecule has 3 aromatic rings. The van der Waals surface area contributed by atoms with E-state index >= 15 is 0 Å². The Labute approximate surface area is 134 Å². The first kappa shape index (κ1) is 14.6. The number of thiophene rings is 1. The predicted octanol–water partition coefficient (Wildman–Crippen LogP) is 4.28. The van der Waals surface area contributed by atoms with Gasteiger partial charge < -0.3 is 9.52 Å². The molecule has 0 radical (unpaired) electrons. The number of benzene rings is 1. The lowest BCUT2D eigenvalue weighted by molar-refractivity contribution is 0.204. The number of aliphatic hydroxyl groups excluding tert-OH is 1. The van der Waals surface area contributed by atoms with Gasteiger partial charge in [0.1, 0.15) is 0 Å². The lowest BCUT2D eigenvalue weighted by Gasteiger charge is -2.08. The summed E-state index contributed by atoms with van der Waals surface area (Å²) < 4.78 is 5.55. The van der Waals surface area contributed by atoms with E-state index in [-0.39, 0.29) is 0 Å². The lowest BCUT2D eigenvalue weighted by atomic mass is 10.1. The third kappa shape index (κ3) is 3.65. The minimum atomic E-state index is -0.607. The van der Waals surface area contributed by atoms with E-state index in [1.807, 2.05) is 17.5 Å². The fourth-order valence-electron chi connectivity index (χ4n) is 1.70. The summed E-state index contributed by atoms with van der Waals surface area (Å²) in [5.74, 6) is 0.946. The molecule has 1 atom stereocenters. The maximum atomic E-state index is 10.1. The number of thioether (sulfide) groups is 1. The SMILES string of the molecule is OC(CSc1nnc(-c2cccs2)o1)c1ccc(Cl)cc1. The van der Waals surface area contributed by atoms with Crippen molar-refractivity contribution in [2.24, 2.45) is 0 Å². The van der Waals surface area contributed by atoms with Crippen LogP contribution in [0.5, 0.6) is 0 Å². The Morgan fingerprint density at radius 2 is 2.05 bits per heavy atom. The van der Waals surface area contributed by atoms with Gasteiger partial charge in [-0.25, -0.2) is 0 Å². The zero-order valence-corrected chi connectivity index (χ0v) is 13.2. The summed E-state index contributed by atoms with van der Waals surface area (Å²) in [5.41, 5.74) is 0.810. The molecule has 7 heteroatoms. The molecule has 21 heavy (non-hydrogen) atoms. The largest absolute Gasteiger partial charge is 0.410 e. The van der Waals surface area contributed by atoms with Crippen molar-refractivity contribution in [1.82, 2.24) is 10.2 Å². The van der Waals surface area contributed by atoms with E-state index in [0.29, 0.717) is 21.9 Å². The molecule has 0 aliphatic heterocycles. The van der Waals surface area contributed by atoms with Crippen molar-refractivity contribution in [1.29, 1.82) is 0 Å². The first-order chi connectivity index (χ1) is 10.2. The Morgan fingerprint density at radius 3 is 2.76 bits per heavy atom. The molecular weight excluding hydrogens is 328 g/mol. The highest BCUT2D eigenvalue weighted by atomic mass is 35.5. The summed E-state index contributed by atoms with van der Waals surface area (Å²) in [6, 6.07) is 11.0. The Balaban J connectivity index is 1.61. The van der Waals surface area contributed by atoms with Crippen molar-refractivity contribution in [3.8, 4) is 10.8 Å². The molecular formula is C14H11ClN2O2S2. The number of hydrogen-bond acceptors (Lipinski definition) is 6. The maximum Gasteiger partial charge on any atom is 0.276 e. The molecule has 4 nitrogen and oxygen atoms in total. The van der Waals surface area contributed by atoms with Gasteiger partial charge >= 0.3 is 0 Å². The molecule has 0 saturated heterocycles. The third-order valence-corrected chi connectivity index (χ3v) is 4.76. The smallest absolute Gasteiger partial charge is 0.276 e. The van der Waals surface area contributed by atoms with E-state index in [2.05, 4.69) is 10.2 Å². The van der Waals surface area contributed by atoms with Gasteiger partial charge in [-0.15, -0.1) is 21.5 Å². The van der Waals surface area contributed by atoms with E-state index in [4.69, 9.17) is 16.0 Å². The highest BCUT2D eigenvalue weighted by molar-refractivity contribution is 7.99. The van der Waals surface area contributed by atoms with E-state index in [0.717, 1.165) is 10.4 Å². The normalized spacial score (nSPS) is 12.5. The van der Waals surface area contributed by atoms with Crippen LogP contribution in [0, 0.1) is 0 Å². The van der Waals surface area contributed by atoms with Crippen molar-refractivity contribution in [2.45, 2.75) is 11.3 Å². The Bertz CT molecular complexity index is 698. The zero-order valence-electron chi connectivity index (χ0n) is 10.8. The highest BCUT2D eigenvalue weighted by Crippen LogP contribution is 2.28. The van der Waals surface area contributed by atoms with Gasteiger partial charge in [-0.2, -0.15) is 0 Å². The number of nitrogens with zero attached hydrogens (tertiary/aromatic N) is 2. The minimum Gasteiger partial charge on any atom is -0.410 e. The maximum absolute atomic E-state index is 10.1. The van der Waals surface area contributed by atoms with E-state index in [1.54, 1.807) is 35.6 Å². The fraction of sp³-hybridized carbons (Fsp3) is 0.143. The zero-order chi connectivity index (χ0) is 14.7. The molecule has 0 bridgehead atoms. The van der Waals surface area contributed by atoms with Crippen molar-refractivity contribution < 1.29 is 9.52 Å². The average Bonchev–Trinajstić information content (AvgIpc) is 3.16.